The summed E-state index contributed by atoms with van der Waals surface area (Å²) >= 11 is 17.2. The number of nitrogens with zero attached hydrogens (tertiary/aromatic N) is 1. The smallest absolute Gasteiger partial charge is 0.0795 e. The first-order valence-corrected chi connectivity index (χ1v) is 7.30. The molecule has 0 aliphatic heterocycles. The van der Waals surface area contributed by atoms with Crippen molar-refractivity contribution in [2.75, 3.05) is 5.32 Å². The Kier molecular flexibility index (Phi) is 4.31. The largest absolute Gasteiger partial charge is 0.375 e. The molecule has 90 valence electrons. The van der Waals surface area contributed by atoms with E-state index in [0.717, 1.165) is 15.0 Å². The summed E-state index contributed by atoms with van der Waals surface area (Å²) in [7, 11) is 0. The number of aromatic nitrogens is 1. The summed E-state index contributed by atoms with van der Waals surface area (Å²) in [6, 6.07) is 3.75. The molecule has 0 saturated carbocycles. The number of hydrogen-bond donors (Lipinski definition) is 1. The first-order chi connectivity index (χ1) is 8.08. The highest BCUT2D eigenvalue weighted by atomic mass is 79.9. The van der Waals surface area contributed by atoms with Gasteiger partial charge < -0.3 is 5.32 Å². The third-order valence-corrected chi connectivity index (χ3v) is 4.26. The minimum Gasteiger partial charge on any atom is -0.375 e. The molecule has 0 aliphatic rings. The van der Waals surface area contributed by atoms with E-state index in [0.29, 0.717) is 10.0 Å². The molecule has 1 atom stereocenters. The van der Waals surface area contributed by atoms with Crippen LogP contribution < -0.4 is 5.32 Å². The van der Waals surface area contributed by atoms with Gasteiger partial charge >= 0.3 is 0 Å². The zero-order valence-electron chi connectivity index (χ0n) is 8.88. The Morgan fingerprint density at radius 3 is 2.53 bits per heavy atom. The van der Waals surface area contributed by atoms with Gasteiger partial charge in [0.2, 0.25) is 0 Å². The van der Waals surface area contributed by atoms with E-state index < -0.39 is 0 Å². The maximum Gasteiger partial charge on any atom is 0.0795 e. The second-order valence-electron chi connectivity index (χ2n) is 3.51. The Labute approximate surface area is 122 Å². The van der Waals surface area contributed by atoms with Crippen molar-refractivity contribution in [3.8, 4) is 0 Å². The van der Waals surface area contributed by atoms with Crippen LogP contribution in [0.5, 0.6) is 0 Å². The van der Waals surface area contributed by atoms with E-state index in [2.05, 4.69) is 26.2 Å². The highest BCUT2D eigenvalue weighted by molar-refractivity contribution is 9.10. The molecule has 0 aliphatic carbocycles. The van der Waals surface area contributed by atoms with Crippen molar-refractivity contribution in [1.29, 1.82) is 0 Å². The van der Waals surface area contributed by atoms with Crippen LogP contribution in [0.1, 0.15) is 17.8 Å². The van der Waals surface area contributed by atoms with Crippen LogP contribution in [0.25, 0.3) is 0 Å². The summed E-state index contributed by atoms with van der Waals surface area (Å²) < 4.78 is 0.864. The molecular formula is C11H9BrCl2N2S. The molecule has 1 heterocycles. The predicted octanol–water partition coefficient (Wildman–Crippen LogP) is 5.39. The number of hydrogen-bond acceptors (Lipinski definition) is 3. The molecule has 1 unspecified atom stereocenters. The number of nitrogens with one attached hydrogen (secondary N) is 1. The molecule has 0 fully saturated rings. The standard InChI is InChI=1S/C11H9BrCl2N2S/c1-6(10-4-15-5-17-10)16-11-8(13)2-7(12)3-9(11)14/h2-6,16H,1H3. The van der Waals surface area contributed by atoms with Gasteiger partial charge in [-0.3, -0.25) is 4.98 Å². The molecule has 6 heteroatoms. The topological polar surface area (TPSA) is 24.9 Å². The highest BCUT2D eigenvalue weighted by Gasteiger charge is 2.12. The van der Waals surface area contributed by atoms with E-state index in [1.165, 1.54) is 0 Å². The van der Waals surface area contributed by atoms with Crippen molar-refractivity contribution in [1.82, 2.24) is 4.98 Å². The molecule has 0 saturated heterocycles. The molecule has 1 aromatic carbocycles. The third kappa shape index (κ3) is 3.13. The average molecular weight is 352 g/mol. The lowest BCUT2D eigenvalue weighted by molar-refractivity contribution is 0.903. The van der Waals surface area contributed by atoms with Crippen molar-refractivity contribution in [3.05, 3.63) is 43.2 Å². The maximum absolute atomic E-state index is 6.15. The fourth-order valence-electron chi connectivity index (χ4n) is 1.41. The summed E-state index contributed by atoms with van der Waals surface area (Å²) in [5.74, 6) is 0. The molecule has 0 spiro atoms. The van der Waals surface area contributed by atoms with E-state index in [1.807, 2.05) is 25.3 Å². The Morgan fingerprint density at radius 1 is 1.35 bits per heavy atom. The summed E-state index contributed by atoms with van der Waals surface area (Å²) in [6.45, 7) is 2.04. The lowest BCUT2D eigenvalue weighted by Crippen LogP contribution is -2.05. The van der Waals surface area contributed by atoms with Crippen LogP contribution in [0, 0.1) is 0 Å². The Bertz CT molecular complexity index is 493. The lowest BCUT2D eigenvalue weighted by atomic mass is 10.2. The van der Waals surface area contributed by atoms with E-state index in [1.54, 1.807) is 16.8 Å². The van der Waals surface area contributed by atoms with Crippen LogP contribution >= 0.6 is 50.5 Å². The Hall–Kier alpha value is -0.290. The molecule has 2 rings (SSSR count). The predicted molar refractivity (Wildman–Crippen MR) is 78.3 cm³/mol. The fraction of sp³-hybridized carbons (Fsp3) is 0.182. The Balaban J connectivity index is 2.25. The number of benzene rings is 1. The van der Waals surface area contributed by atoms with Crippen LogP contribution in [-0.4, -0.2) is 4.98 Å². The second-order valence-corrected chi connectivity index (χ2v) is 6.16. The molecule has 1 N–H and O–H groups in total. The molecule has 1 aromatic heterocycles. The van der Waals surface area contributed by atoms with Gasteiger partial charge in [0.25, 0.3) is 0 Å². The number of anilines is 1. The number of rotatable bonds is 3. The van der Waals surface area contributed by atoms with Crippen molar-refractivity contribution in [3.63, 3.8) is 0 Å². The minimum atomic E-state index is 0.124. The van der Waals surface area contributed by atoms with E-state index in [9.17, 15) is 0 Å². The summed E-state index contributed by atoms with van der Waals surface area (Å²) in [5, 5.41) is 4.49. The van der Waals surface area contributed by atoms with Crippen molar-refractivity contribution in [2.24, 2.45) is 0 Å². The van der Waals surface area contributed by atoms with Crippen molar-refractivity contribution < 1.29 is 0 Å². The molecule has 0 amide bonds. The summed E-state index contributed by atoms with van der Waals surface area (Å²) in [4.78, 5) is 5.19. The van der Waals surface area contributed by atoms with Gasteiger partial charge in [0, 0.05) is 15.5 Å². The van der Waals surface area contributed by atoms with Gasteiger partial charge in [-0.15, -0.1) is 11.3 Å². The summed E-state index contributed by atoms with van der Waals surface area (Å²) in [5.41, 5.74) is 2.55. The molecule has 0 bridgehead atoms. The lowest BCUT2D eigenvalue weighted by Gasteiger charge is -2.16. The second kappa shape index (κ2) is 5.57. The molecule has 2 nitrogen and oxygen atoms in total. The Morgan fingerprint density at radius 2 is 2.00 bits per heavy atom. The molecule has 17 heavy (non-hydrogen) atoms. The van der Waals surface area contributed by atoms with E-state index in [-0.39, 0.29) is 6.04 Å². The van der Waals surface area contributed by atoms with Gasteiger partial charge in [-0.25, -0.2) is 0 Å². The zero-order chi connectivity index (χ0) is 12.4. The van der Waals surface area contributed by atoms with Gasteiger partial charge in [-0.2, -0.15) is 0 Å². The maximum atomic E-state index is 6.15. The van der Waals surface area contributed by atoms with Crippen molar-refractivity contribution in [2.45, 2.75) is 13.0 Å². The monoisotopic (exact) mass is 350 g/mol. The van der Waals surface area contributed by atoms with E-state index >= 15 is 0 Å². The first kappa shape index (κ1) is 13.1. The van der Waals surface area contributed by atoms with E-state index in [4.69, 9.17) is 23.2 Å². The normalized spacial score (nSPS) is 12.5. The van der Waals surface area contributed by atoms with Crippen molar-refractivity contribution >= 4 is 56.2 Å². The number of thiazole rings is 1. The molecular weight excluding hydrogens is 343 g/mol. The average Bonchev–Trinajstić information content (AvgIpc) is 2.76. The van der Waals surface area contributed by atoms with Crippen LogP contribution in [0.4, 0.5) is 5.69 Å². The van der Waals surface area contributed by atoms with Crippen LogP contribution in [0.2, 0.25) is 10.0 Å². The summed E-state index contributed by atoms with van der Waals surface area (Å²) in [6.07, 6.45) is 1.84. The van der Waals surface area contributed by atoms with Gasteiger partial charge in [-0.1, -0.05) is 39.1 Å². The molecule has 0 radical (unpaired) electrons. The minimum absolute atomic E-state index is 0.124. The van der Waals surface area contributed by atoms with Gasteiger partial charge in [0.05, 0.1) is 27.3 Å². The van der Waals surface area contributed by atoms with Crippen LogP contribution in [0.3, 0.4) is 0 Å². The third-order valence-electron chi connectivity index (χ3n) is 2.25. The van der Waals surface area contributed by atoms with Gasteiger partial charge in [-0.05, 0) is 19.1 Å². The van der Waals surface area contributed by atoms with Crippen LogP contribution in [0.15, 0.2) is 28.3 Å². The quantitative estimate of drug-likeness (QED) is 0.802. The zero-order valence-corrected chi connectivity index (χ0v) is 12.8. The molecule has 2 aromatic rings. The highest BCUT2D eigenvalue weighted by Crippen LogP contribution is 2.36. The fourth-order valence-corrected chi connectivity index (χ4v) is 3.35. The SMILES string of the molecule is CC(Nc1c(Cl)cc(Br)cc1Cl)c1cncs1. The number of halogens is 3. The van der Waals surface area contributed by atoms with Gasteiger partial charge in [0.1, 0.15) is 0 Å². The van der Waals surface area contributed by atoms with Gasteiger partial charge in [0.15, 0.2) is 0 Å². The van der Waals surface area contributed by atoms with Crippen LogP contribution in [-0.2, 0) is 0 Å². The first-order valence-electron chi connectivity index (χ1n) is 4.87.